The maximum atomic E-state index is 12.5. The molecule has 0 saturated heterocycles. The van der Waals surface area contributed by atoms with Crippen molar-refractivity contribution in [1.29, 1.82) is 0 Å². The lowest BCUT2D eigenvalue weighted by atomic mass is 10.1. The quantitative estimate of drug-likeness (QED) is 0.875. The summed E-state index contributed by atoms with van der Waals surface area (Å²) in [6, 6.07) is 5.20. The molecule has 2 N–H and O–H groups in total. The number of benzene rings is 1. The summed E-state index contributed by atoms with van der Waals surface area (Å²) in [6.45, 7) is 2.21. The van der Waals surface area contributed by atoms with Gasteiger partial charge in [-0.2, -0.15) is 13.2 Å². The Hall–Kier alpha value is -1.56. The molecule has 1 fully saturated rings. The highest BCUT2D eigenvalue weighted by Crippen LogP contribution is 2.31. The molecule has 1 aliphatic rings. The highest BCUT2D eigenvalue weighted by Gasteiger charge is 2.33. The number of carbonyl (C=O) groups excluding carboxylic acids is 1. The zero-order valence-corrected chi connectivity index (χ0v) is 12.6. The van der Waals surface area contributed by atoms with Gasteiger partial charge in [-0.3, -0.25) is 4.79 Å². The second-order valence-corrected chi connectivity index (χ2v) is 5.96. The van der Waals surface area contributed by atoms with E-state index in [9.17, 15) is 18.0 Å². The topological polar surface area (TPSA) is 46.3 Å². The van der Waals surface area contributed by atoms with E-state index in [1.165, 1.54) is 12.1 Å². The van der Waals surface area contributed by atoms with Gasteiger partial charge in [0.05, 0.1) is 5.56 Å². The molecule has 1 amide bonds. The lowest BCUT2D eigenvalue weighted by molar-refractivity contribution is -0.137. The Morgan fingerprint density at radius 1 is 1.32 bits per heavy atom. The number of halogens is 3. The molecule has 0 aromatic heterocycles. The van der Waals surface area contributed by atoms with Crippen molar-refractivity contribution in [1.82, 2.24) is 4.90 Å². The number of hydrogen-bond acceptors (Lipinski definition) is 2. The SMILES string of the molecule is CC(N)CCC(=O)N(Cc1ccc(C(F)(F)F)cc1)C1CC1. The molecule has 3 nitrogen and oxygen atoms in total. The maximum Gasteiger partial charge on any atom is 0.416 e. The van der Waals surface area contributed by atoms with Crippen molar-refractivity contribution >= 4 is 5.91 Å². The maximum absolute atomic E-state index is 12.5. The molecule has 0 bridgehead atoms. The van der Waals surface area contributed by atoms with Gasteiger partial charge in [0.1, 0.15) is 0 Å². The average Bonchev–Trinajstić information content (AvgIpc) is 3.26. The molecule has 0 heterocycles. The zero-order chi connectivity index (χ0) is 16.3. The summed E-state index contributed by atoms with van der Waals surface area (Å²) in [5.74, 6) is 0.0275. The molecule has 0 spiro atoms. The van der Waals surface area contributed by atoms with E-state index >= 15 is 0 Å². The first-order valence-electron chi connectivity index (χ1n) is 7.48. The van der Waals surface area contributed by atoms with Gasteiger partial charge in [-0.25, -0.2) is 0 Å². The van der Waals surface area contributed by atoms with Crippen LogP contribution >= 0.6 is 0 Å². The Kier molecular flexibility index (Phi) is 5.11. The number of nitrogens with two attached hydrogens (primary N) is 1. The fraction of sp³-hybridized carbons (Fsp3) is 0.562. The number of alkyl halides is 3. The van der Waals surface area contributed by atoms with Crippen LogP contribution in [0.5, 0.6) is 0 Å². The summed E-state index contributed by atoms with van der Waals surface area (Å²) in [6.07, 6.45) is -1.40. The van der Waals surface area contributed by atoms with Gasteiger partial charge in [0, 0.05) is 25.0 Å². The van der Waals surface area contributed by atoms with Crippen molar-refractivity contribution in [2.45, 2.75) is 57.4 Å². The first-order valence-corrected chi connectivity index (χ1v) is 7.48. The van der Waals surface area contributed by atoms with Crippen LogP contribution in [0.1, 0.15) is 43.7 Å². The number of hydrogen-bond donors (Lipinski definition) is 1. The van der Waals surface area contributed by atoms with E-state index in [0.717, 1.165) is 25.0 Å². The molecule has 6 heteroatoms. The number of nitrogens with zero attached hydrogens (tertiary/aromatic N) is 1. The van der Waals surface area contributed by atoms with E-state index in [2.05, 4.69) is 0 Å². The molecule has 1 unspecified atom stereocenters. The third-order valence-electron chi connectivity index (χ3n) is 3.76. The summed E-state index contributed by atoms with van der Waals surface area (Å²) in [7, 11) is 0. The van der Waals surface area contributed by atoms with Crippen LogP contribution in [0, 0.1) is 0 Å². The third kappa shape index (κ3) is 4.73. The van der Waals surface area contributed by atoms with Crippen LogP contribution in [0.4, 0.5) is 13.2 Å². The van der Waals surface area contributed by atoms with Crippen molar-refractivity contribution in [2.24, 2.45) is 5.73 Å². The van der Waals surface area contributed by atoms with Crippen LogP contribution in [-0.4, -0.2) is 22.9 Å². The zero-order valence-electron chi connectivity index (χ0n) is 12.6. The molecule has 122 valence electrons. The lowest BCUT2D eigenvalue weighted by Crippen LogP contribution is -2.33. The Balaban J connectivity index is 2.00. The minimum Gasteiger partial charge on any atom is -0.335 e. The van der Waals surface area contributed by atoms with Gasteiger partial charge in [0.25, 0.3) is 0 Å². The number of rotatable bonds is 6. The van der Waals surface area contributed by atoms with Crippen LogP contribution in [0.2, 0.25) is 0 Å². The van der Waals surface area contributed by atoms with Gasteiger partial charge < -0.3 is 10.6 Å². The number of amides is 1. The molecule has 1 atom stereocenters. The Bertz CT molecular complexity index is 507. The highest BCUT2D eigenvalue weighted by molar-refractivity contribution is 5.77. The normalized spacial score (nSPS) is 16.4. The molecule has 1 aliphatic carbocycles. The fourth-order valence-corrected chi connectivity index (χ4v) is 2.30. The first kappa shape index (κ1) is 16.8. The Morgan fingerprint density at radius 3 is 2.36 bits per heavy atom. The third-order valence-corrected chi connectivity index (χ3v) is 3.76. The van der Waals surface area contributed by atoms with Gasteiger partial charge in [-0.1, -0.05) is 12.1 Å². The molecule has 0 aliphatic heterocycles. The molecule has 1 saturated carbocycles. The van der Waals surface area contributed by atoms with Crippen molar-refractivity contribution in [3.8, 4) is 0 Å². The predicted molar refractivity (Wildman–Crippen MR) is 77.9 cm³/mol. The number of carbonyl (C=O) groups is 1. The molecular weight excluding hydrogens is 293 g/mol. The van der Waals surface area contributed by atoms with Crippen LogP contribution in [0.25, 0.3) is 0 Å². The lowest BCUT2D eigenvalue weighted by Gasteiger charge is -2.23. The molecule has 22 heavy (non-hydrogen) atoms. The molecule has 1 aromatic carbocycles. The molecule has 1 aromatic rings. The summed E-state index contributed by atoms with van der Waals surface area (Å²) in [5.41, 5.74) is 5.71. The van der Waals surface area contributed by atoms with Gasteiger partial charge >= 0.3 is 6.18 Å². The predicted octanol–water partition coefficient (Wildman–Crippen LogP) is 3.32. The second kappa shape index (κ2) is 6.69. The van der Waals surface area contributed by atoms with E-state index < -0.39 is 11.7 Å². The summed E-state index contributed by atoms with van der Waals surface area (Å²) in [5, 5.41) is 0. The van der Waals surface area contributed by atoms with Crippen LogP contribution < -0.4 is 5.73 Å². The van der Waals surface area contributed by atoms with E-state index in [4.69, 9.17) is 5.73 Å². The Morgan fingerprint density at radius 2 is 1.91 bits per heavy atom. The monoisotopic (exact) mass is 314 g/mol. The van der Waals surface area contributed by atoms with Gasteiger partial charge in [0.15, 0.2) is 0 Å². The van der Waals surface area contributed by atoms with Crippen LogP contribution in [0.3, 0.4) is 0 Å². The van der Waals surface area contributed by atoms with E-state index in [-0.39, 0.29) is 18.0 Å². The van der Waals surface area contributed by atoms with Crippen molar-refractivity contribution in [3.05, 3.63) is 35.4 Å². The largest absolute Gasteiger partial charge is 0.416 e. The fourth-order valence-electron chi connectivity index (χ4n) is 2.30. The Labute approximate surface area is 128 Å². The molecular formula is C16H21F3N2O. The smallest absolute Gasteiger partial charge is 0.335 e. The van der Waals surface area contributed by atoms with E-state index in [1.54, 1.807) is 4.90 Å². The van der Waals surface area contributed by atoms with Gasteiger partial charge in [-0.05, 0) is 43.9 Å². The standard InChI is InChI=1S/C16H21F3N2O/c1-11(20)2-9-15(22)21(14-7-8-14)10-12-3-5-13(6-4-12)16(17,18)19/h3-6,11,14H,2,7-10,20H2,1H3. The van der Waals surface area contributed by atoms with Crippen molar-refractivity contribution < 1.29 is 18.0 Å². The first-order chi connectivity index (χ1) is 10.3. The van der Waals surface area contributed by atoms with Gasteiger partial charge in [-0.15, -0.1) is 0 Å². The van der Waals surface area contributed by atoms with Gasteiger partial charge in [0.2, 0.25) is 5.91 Å². The van der Waals surface area contributed by atoms with E-state index in [1.807, 2.05) is 6.92 Å². The van der Waals surface area contributed by atoms with Crippen LogP contribution in [-0.2, 0) is 17.5 Å². The van der Waals surface area contributed by atoms with Crippen molar-refractivity contribution in [3.63, 3.8) is 0 Å². The van der Waals surface area contributed by atoms with Crippen molar-refractivity contribution in [2.75, 3.05) is 0 Å². The minimum absolute atomic E-state index is 0.0275. The molecule has 2 rings (SSSR count). The molecule has 0 radical (unpaired) electrons. The average molecular weight is 314 g/mol. The summed E-state index contributed by atoms with van der Waals surface area (Å²) in [4.78, 5) is 14.0. The second-order valence-electron chi connectivity index (χ2n) is 5.96. The summed E-state index contributed by atoms with van der Waals surface area (Å²) < 4.78 is 37.6. The highest BCUT2D eigenvalue weighted by atomic mass is 19.4. The summed E-state index contributed by atoms with van der Waals surface area (Å²) >= 11 is 0. The van der Waals surface area contributed by atoms with Crippen LogP contribution in [0.15, 0.2) is 24.3 Å². The van der Waals surface area contributed by atoms with E-state index in [0.29, 0.717) is 24.9 Å². The minimum atomic E-state index is -4.33.